The third-order valence-corrected chi connectivity index (χ3v) is 4.63. The predicted molar refractivity (Wildman–Crippen MR) is 86.9 cm³/mol. The van der Waals surface area contributed by atoms with Crippen molar-refractivity contribution in [3.05, 3.63) is 35.4 Å². The van der Waals surface area contributed by atoms with Crippen LogP contribution in [0.1, 0.15) is 37.3 Å². The first-order chi connectivity index (χ1) is 9.69. The second kappa shape index (κ2) is 7.72. The van der Waals surface area contributed by atoms with Gasteiger partial charge in [-0.2, -0.15) is 0 Å². The fraction of sp³-hybridized carbons (Fsp3) is 0.588. The number of benzene rings is 1. The third-order valence-electron chi connectivity index (χ3n) is 3.64. The minimum atomic E-state index is 0.316. The molecule has 1 amide bonds. The van der Waals surface area contributed by atoms with E-state index in [9.17, 15) is 4.79 Å². The van der Waals surface area contributed by atoms with E-state index in [0.717, 1.165) is 31.2 Å². The second-order valence-electron chi connectivity index (χ2n) is 5.76. The molecule has 0 saturated heterocycles. The molecule has 1 saturated carbocycles. The average molecular weight is 291 g/mol. The lowest BCUT2D eigenvalue weighted by atomic mass is 10.2. The molecule has 0 aromatic heterocycles. The lowest BCUT2D eigenvalue weighted by Gasteiger charge is -2.21. The second-order valence-corrected chi connectivity index (χ2v) is 6.75. The molecule has 0 heterocycles. The number of carbonyl (C=O) groups is 1. The zero-order valence-electron chi connectivity index (χ0n) is 12.6. The quantitative estimate of drug-likeness (QED) is 0.724. The molecule has 1 aliphatic rings. The molecule has 2 rings (SSSR count). The zero-order valence-corrected chi connectivity index (χ0v) is 13.4. The van der Waals surface area contributed by atoms with Gasteiger partial charge < -0.3 is 4.90 Å². The van der Waals surface area contributed by atoms with Crippen molar-refractivity contribution in [2.75, 3.05) is 18.8 Å². The van der Waals surface area contributed by atoms with Crippen molar-refractivity contribution in [3.8, 4) is 0 Å². The van der Waals surface area contributed by atoms with E-state index in [0.29, 0.717) is 11.7 Å². The summed E-state index contributed by atoms with van der Waals surface area (Å²) in [6.45, 7) is 6.14. The number of hydrogen-bond donors (Lipinski definition) is 0. The number of hydrogen-bond acceptors (Lipinski definition) is 2. The molecule has 0 radical (unpaired) electrons. The van der Waals surface area contributed by atoms with Crippen LogP contribution in [-0.4, -0.2) is 29.6 Å². The molecule has 2 nitrogen and oxygen atoms in total. The van der Waals surface area contributed by atoms with Crippen molar-refractivity contribution in [3.63, 3.8) is 0 Å². The van der Waals surface area contributed by atoms with E-state index in [2.05, 4.69) is 43.0 Å². The van der Waals surface area contributed by atoms with Crippen LogP contribution in [0.25, 0.3) is 0 Å². The van der Waals surface area contributed by atoms with Crippen molar-refractivity contribution in [1.29, 1.82) is 0 Å². The van der Waals surface area contributed by atoms with Crippen LogP contribution in [0.15, 0.2) is 24.3 Å². The molecule has 0 aliphatic heterocycles. The van der Waals surface area contributed by atoms with E-state index in [1.54, 1.807) is 11.8 Å². The van der Waals surface area contributed by atoms with Gasteiger partial charge in [-0.3, -0.25) is 4.79 Å². The van der Waals surface area contributed by atoms with Crippen LogP contribution in [0, 0.1) is 12.8 Å². The molecule has 0 N–H and O–H groups in total. The first-order valence-corrected chi connectivity index (χ1v) is 8.75. The van der Waals surface area contributed by atoms with Crippen molar-refractivity contribution in [1.82, 2.24) is 4.90 Å². The Labute approximate surface area is 126 Å². The summed E-state index contributed by atoms with van der Waals surface area (Å²) in [7, 11) is 0. The highest BCUT2D eigenvalue weighted by Crippen LogP contribution is 2.30. The third kappa shape index (κ3) is 5.20. The summed E-state index contributed by atoms with van der Waals surface area (Å²) in [5, 5.41) is 0. The smallest absolute Gasteiger partial charge is 0.232 e. The fourth-order valence-corrected chi connectivity index (χ4v) is 3.12. The predicted octanol–water partition coefficient (Wildman–Crippen LogP) is 3.88. The summed E-state index contributed by atoms with van der Waals surface area (Å²) in [5.74, 6) is 2.64. The average Bonchev–Trinajstić information content (AvgIpc) is 3.24. The molecule has 0 atom stereocenters. The molecule has 1 aromatic carbocycles. The van der Waals surface area contributed by atoms with Crippen LogP contribution < -0.4 is 0 Å². The van der Waals surface area contributed by atoms with E-state index in [1.807, 2.05) is 0 Å². The number of rotatable bonds is 8. The van der Waals surface area contributed by atoms with Gasteiger partial charge in [0.2, 0.25) is 5.91 Å². The van der Waals surface area contributed by atoms with Crippen LogP contribution in [0.2, 0.25) is 0 Å². The Bertz CT molecular complexity index is 425. The monoisotopic (exact) mass is 291 g/mol. The molecule has 20 heavy (non-hydrogen) atoms. The first kappa shape index (κ1) is 15.4. The molecule has 1 aliphatic carbocycles. The highest BCUT2D eigenvalue weighted by molar-refractivity contribution is 7.99. The Balaban J connectivity index is 1.73. The number of thioether (sulfide) groups is 1. The highest BCUT2D eigenvalue weighted by Gasteiger charge is 2.26. The van der Waals surface area contributed by atoms with Crippen LogP contribution in [-0.2, 0) is 10.5 Å². The first-order valence-electron chi connectivity index (χ1n) is 7.60. The van der Waals surface area contributed by atoms with Gasteiger partial charge >= 0.3 is 0 Å². The van der Waals surface area contributed by atoms with E-state index < -0.39 is 0 Å². The Morgan fingerprint density at radius 3 is 2.60 bits per heavy atom. The van der Waals surface area contributed by atoms with E-state index >= 15 is 0 Å². The molecule has 0 unspecified atom stereocenters. The van der Waals surface area contributed by atoms with Crippen LogP contribution in [0.3, 0.4) is 0 Å². The molecule has 1 fully saturated rings. The van der Waals surface area contributed by atoms with Crippen LogP contribution in [0.5, 0.6) is 0 Å². The Kier molecular flexibility index (Phi) is 5.96. The summed E-state index contributed by atoms with van der Waals surface area (Å²) in [4.78, 5) is 14.3. The maximum atomic E-state index is 12.2. The number of aryl methyl sites for hydroxylation is 1. The Morgan fingerprint density at radius 1 is 1.30 bits per heavy atom. The zero-order chi connectivity index (χ0) is 14.4. The summed E-state index contributed by atoms with van der Waals surface area (Å²) >= 11 is 1.73. The summed E-state index contributed by atoms with van der Waals surface area (Å²) < 4.78 is 0. The van der Waals surface area contributed by atoms with Gasteiger partial charge in [-0.15, -0.1) is 11.8 Å². The highest BCUT2D eigenvalue weighted by atomic mass is 32.2. The van der Waals surface area contributed by atoms with Crippen molar-refractivity contribution in [2.45, 2.75) is 38.9 Å². The van der Waals surface area contributed by atoms with Crippen molar-refractivity contribution >= 4 is 17.7 Å². The van der Waals surface area contributed by atoms with Gasteiger partial charge in [-0.1, -0.05) is 36.8 Å². The number of nitrogens with zero attached hydrogens (tertiary/aromatic N) is 1. The summed E-state index contributed by atoms with van der Waals surface area (Å²) in [6, 6.07) is 8.57. The van der Waals surface area contributed by atoms with Gasteiger partial charge in [0.25, 0.3) is 0 Å². The van der Waals surface area contributed by atoms with Gasteiger partial charge in [0.15, 0.2) is 0 Å². The van der Waals surface area contributed by atoms with E-state index in [1.165, 1.54) is 24.0 Å². The summed E-state index contributed by atoms with van der Waals surface area (Å²) in [5.41, 5.74) is 2.59. The lowest BCUT2D eigenvalue weighted by Crippen LogP contribution is -2.34. The molecular weight excluding hydrogens is 266 g/mol. The van der Waals surface area contributed by atoms with Gasteiger partial charge in [-0.05, 0) is 37.7 Å². The van der Waals surface area contributed by atoms with Crippen molar-refractivity contribution < 1.29 is 4.79 Å². The standard InChI is InChI=1S/C17H25NOS/c1-3-10-18(11-15-8-9-15)17(19)13-20-12-16-6-4-14(2)5-7-16/h4-7,15H,3,8-13H2,1-2H3. The Hall–Kier alpha value is -0.960. The van der Waals surface area contributed by atoms with Crippen LogP contribution >= 0.6 is 11.8 Å². The number of amides is 1. The maximum absolute atomic E-state index is 12.2. The SMILES string of the molecule is CCCN(CC1CC1)C(=O)CSCc1ccc(C)cc1. The lowest BCUT2D eigenvalue weighted by molar-refractivity contribution is -0.128. The molecule has 110 valence electrons. The minimum Gasteiger partial charge on any atom is -0.342 e. The van der Waals surface area contributed by atoms with E-state index in [-0.39, 0.29) is 0 Å². The van der Waals surface area contributed by atoms with Gasteiger partial charge in [0, 0.05) is 18.8 Å². The molecular formula is C17H25NOS. The van der Waals surface area contributed by atoms with Gasteiger partial charge in [-0.25, -0.2) is 0 Å². The topological polar surface area (TPSA) is 20.3 Å². The summed E-state index contributed by atoms with van der Waals surface area (Å²) in [6.07, 6.45) is 3.68. The fourth-order valence-electron chi connectivity index (χ4n) is 2.23. The van der Waals surface area contributed by atoms with Crippen LogP contribution in [0.4, 0.5) is 0 Å². The molecule has 3 heteroatoms. The largest absolute Gasteiger partial charge is 0.342 e. The number of carbonyl (C=O) groups excluding carboxylic acids is 1. The molecule has 1 aromatic rings. The normalized spacial score (nSPS) is 14.3. The molecule has 0 spiro atoms. The molecule has 0 bridgehead atoms. The minimum absolute atomic E-state index is 0.316. The van der Waals surface area contributed by atoms with Gasteiger partial charge in [0.1, 0.15) is 0 Å². The van der Waals surface area contributed by atoms with Crippen molar-refractivity contribution in [2.24, 2.45) is 5.92 Å². The maximum Gasteiger partial charge on any atom is 0.232 e. The van der Waals surface area contributed by atoms with E-state index in [4.69, 9.17) is 0 Å². The Morgan fingerprint density at radius 2 is 2.00 bits per heavy atom. The van der Waals surface area contributed by atoms with Gasteiger partial charge in [0.05, 0.1) is 5.75 Å².